The van der Waals surface area contributed by atoms with E-state index >= 15 is 0 Å². The number of hydrogen-bond donors (Lipinski definition) is 9. The van der Waals surface area contributed by atoms with Crippen LogP contribution >= 0.6 is 0 Å². The van der Waals surface area contributed by atoms with Gasteiger partial charge in [0.2, 0.25) is 17.7 Å². The summed E-state index contributed by atoms with van der Waals surface area (Å²) in [6, 6.07) is -4.60. The van der Waals surface area contributed by atoms with Gasteiger partial charge in [0.15, 0.2) is 5.96 Å². The topological polar surface area (TPSA) is 278 Å². The number of nitrogens with two attached hydrogens (primary N) is 4. The summed E-state index contributed by atoms with van der Waals surface area (Å²) in [5.41, 5.74) is 22.0. The van der Waals surface area contributed by atoms with E-state index in [4.69, 9.17) is 28.0 Å². The highest BCUT2D eigenvalue weighted by Crippen LogP contribution is 2.10. The van der Waals surface area contributed by atoms with E-state index in [-0.39, 0.29) is 31.8 Å². The standard InChI is InChI=1S/C23H44N8O7/c1-3-13(2)18(22(37)38)31-21(36)16(9-10-17(32)33)30-20(35)15(8-4-5-11-24)29-19(34)14(25)7-6-12-28-23(26)27/h13-16,18H,3-12,24-25H2,1-2H3,(H,29,34)(H,30,35)(H,31,36)(H,32,33)(H,37,38)(H4,26,27,28). The van der Waals surface area contributed by atoms with Crippen molar-refractivity contribution in [2.45, 2.75) is 89.4 Å². The Labute approximate surface area is 222 Å². The molecule has 0 aromatic heterocycles. The molecule has 0 heterocycles. The number of aliphatic carboxylic acids is 2. The van der Waals surface area contributed by atoms with Crippen LogP contribution < -0.4 is 38.9 Å². The Balaban J connectivity index is 5.55. The molecule has 0 aliphatic heterocycles. The summed E-state index contributed by atoms with van der Waals surface area (Å²) in [7, 11) is 0. The van der Waals surface area contributed by atoms with Crippen LogP contribution in [0.25, 0.3) is 0 Å². The van der Waals surface area contributed by atoms with Crippen LogP contribution in [-0.4, -0.2) is 83.1 Å². The van der Waals surface area contributed by atoms with Gasteiger partial charge in [-0.1, -0.05) is 20.3 Å². The molecule has 0 aliphatic carbocycles. The molecule has 0 rings (SSSR count). The Bertz CT molecular complexity index is 820. The number of guanidine groups is 1. The highest BCUT2D eigenvalue weighted by Gasteiger charge is 2.32. The van der Waals surface area contributed by atoms with Crippen molar-refractivity contribution >= 4 is 35.6 Å². The van der Waals surface area contributed by atoms with Gasteiger partial charge in [0.1, 0.15) is 18.1 Å². The van der Waals surface area contributed by atoms with Crippen LogP contribution in [0.4, 0.5) is 0 Å². The van der Waals surface area contributed by atoms with Crippen LogP contribution in [0.15, 0.2) is 4.99 Å². The number of nitrogens with one attached hydrogen (secondary N) is 3. The van der Waals surface area contributed by atoms with Crippen LogP contribution in [0.2, 0.25) is 0 Å². The lowest BCUT2D eigenvalue weighted by Crippen LogP contribution is -2.57. The quantitative estimate of drug-likeness (QED) is 0.0456. The molecule has 0 radical (unpaired) electrons. The number of amides is 3. The molecule has 0 aromatic rings. The molecule has 0 bridgehead atoms. The molecule has 15 heteroatoms. The van der Waals surface area contributed by atoms with Crippen molar-refractivity contribution in [3.05, 3.63) is 0 Å². The van der Waals surface area contributed by atoms with E-state index < -0.39 is 66.2 Å². The van der Waals surface area contributed by atoms with E-state index in [9.17, 15) is 29.1 Å². The first-order valence-electron chi connectivity index (χ1n) is 12.7. The molecule has 5 atom stereocenters. The Morgan fingerprint density at radius 1 is 0.842 bits per heavy atom. The van der Waals surface area contributed by atoms with E-state index in [1.807, 2.05) is 0 Å². The summed E-state index contributed by atoms with van der Waals surface area (Å²) < 4.78 is 0. The molecule has 3 amide bonds. The molecule has 15 nitrogen and oxygen atoms in total. The second-order valence-electron chi connectivity index (χ2n) is 9.10. The lowest BCUT2D eigenvalue weighted by molar-refractivity contribution is -0.144. The zero-order chi connectivity index (χ0) is 29.3. The van der Waals surface area contributed by atoms with Gasteiger partial charge < -0.3 is 49.1 Å². The second-order valence-corrected chi connectivity index (χ2v) is 9.10. The third-order valence-corrected chi connectivity index (χ3v) is 5.94. The third kappa shape index (κ3) is 14.3. The number of rotatable bonds is 20. The van der Waals surface area contributed by atoms with Gasteiger partial charge in [-0.2, -0.15) is 0 Å². The molecular weight excluding hydrogens is 500 g/mol. The minimum atomic E-state index is -1.34. The molecule has 0 fully saturated rings. The number of carbonyl (C=O) groups is 5. The van der Waals surface area contributed by atoms with Gasteiger partial charge >= 0.3 is 11.9 Å². The van der Waals surface area contributed by atoms with Gasteiger partial charge in [0.25, 0.3) is 0 Å². The molecule has 0 aliphatic rings. The summed E-state index contributed by atoms with van der Waals surface area (Å²) >= 11 is 0. The van der Waals surface area contributed by atoms with E-state index in [1.54, 1.807) is 13.8 Å². The Hall–Kier alpha value is -3.46. The van der Waals surface area contributed by atoms with Crippen LogP contribution in [0.5, 0.6) is 0 Å². The fourth-order valence-electron chi connectivity index (χ4n) is 3.44. The largest absolute Gasteiger partial charge is 0.481 e. The highest BCUT2D eigenvalue weighted by atomic mass is 16.4. The molecule has 0 aromatic carbocycles. The van der Waals surface area contributed by atoms with Gasteiger partial charge in [-0.25, -0.2) is 4.79 Å². The second kappa shape index (κ2) is 18.7. The average Bonchev–Trinajstić information content (AvgIpc) is 2.85. The van der Waals surface area contributed by atoms with Crippen LogP contribution in [0.1, 0.15) is 65.2 Å². The van der Waals surface area contributed by atoms with E-state index in [2.05, 4.69) is 20.9 Å². The van der Waals surface area contributed by atoms with Crippen molar-refractivity contribution in [1.82, 2.24) is 16.0 Å². The normalized spacial score (nSPS) is 14.7. The third-order valence-electron chi connectivity index (χ3n) is 5.94. The van der Waals surface area contributed by atoms with E-state index in [0.29, 0.717) is 32.2 Å². The van der Waals surface area contributed by atoms with Crippen molar-refractivity contribution < 1.29 is 34.2 Å². The van der Waals surface area contributed by atoms with Crippen molar-refractivity contribution in [3.8, 4) is 0 Å². The van der Waals surface area contributed by atoms with Gasteiger partial charge in [0.05, 0.1) is 6.04 Å². The number of carbonyl (C=O) groups excluding carboxylic acids is 3. The van der Waals surface area contributed by atoms with Gasteiger partial charge in [-0.05, 0) is 51.0 Å². The summed E-state index contributed by atoms with van der Waals surface area (Å²) in [5.74, 6) is -5.12. The molecule has 13 N–H and O–H groups in total. The molecule has 218 valence electrons. The first kappa shape index (κ1) is 34.5. The van der Waals surface area contributed by atoms with Crippen LogP contribution in [0, 0.1) is 5.92 Å². The fraction of sp³-hybridized carbons (Fsp3) is 0.739. The predicted molar refractivity (Wildman–Crippen MR) is 141 cm³/mol. The van der Waals surface area contributed by atoms with E-state index in [1.165, 1.54) is 0 Å². The van der Waals surface area contributed by atoms with Gasteiger partial charge in [-0.3, -0.25) is 24.2 Å². The fourth-order valence-corrected chi connectivity index (χ4v) is 3.44. The smallest absolute Gasteiger partial charge is 0.326 e. The molecule has 0 spiro atoms. The predicted octanol–water partition coefficient (Wildman–Crippen LogP) is -2.05. The van der Waals surface area contributed by atoms with Gasteiger partial charge in [0, 0.05) is 13.0 Å². The van der Waals surface area contributed by atoms with Crippen molar-refractivity contribution in [1.29, 1.82) is 0 Å². The maximum Gasteiger partial charge on any atom is 0.326 e. The maximum atomic E-state index is 13.1. The molecular formula is C23H44N8O7. The molecule has 5 unspecified atom stereocenters. The monoisotopic (exact) mass is 544 g/mol. The van der Waals surface area contributed by atoms with E-state index in [0.717, 1.165) is 0 Å². The van der Waals surface area contributed by atoms with Crippen molar-refractivity contribution in [3.63, 3.8) is 0 Å². The number of nitrogens with zero attached hydrogens (tertiary/aromatic N) is 1. The van der Waals surface area contributed by atoms with Crippen molar-refractivity contribution in [2.24, 2.45) is 33.8 Å². The molecule has 0 saturated carbocycles. The van der Waals surface area contributed by atoms with Crippen LogP contribution in [-0.2, 0) is 24.0 Å². The van der Waals surface area contributed by atoms with Crippen molar-refractivity contribution in [2.75, 3.05) is 13.1 Å². The average molecular weight is 545 g/mol. The Morgan fingerprint density at radius 3 is 1.95 bits per heavy atom. The molecule has 38 heavy (non-hydrogen) atoms. The number of carboxylic acid groups (broad SMARTS) is 2. The molecule has 0 saturated heterocycles. The number of aliphatic imine (C=N–C) groups is 1. The summed E-state index contributed by atoms with van der Waals surface area (Å²) in [6.07, 6.45) is 1.64. The number of hydrogen-bond acceptors (Lipinski definition) is 8. The summed E-state index contributed by atoms with van der Waals surface area (Å²) in [4.78, 5) is 65.2. The minimum absolute atomic E-state index is 0.0834. The Morgan fingerprint density at radius 2 is 1.42 bits per heavy atom. The maximum absolute atomic E-state index is 13.1. The first-order valence-corrected chi connectivity index (χ1v) is 12.7. The Kier molecular flexibility index (Phi) is 17.0. The number of unbranched alkanes of at least 4 members (excludes halogenated alkanes) is 1. The zero-order valence-electron chi connectivity index (χ0n) is 22.2. The summed E-state index contributed by atoms with van der Waals surface area (Å²) in [5, 5.41) is 26.0. The SMILES string of the molecule is CCC(C)C(NC(=O)C(CCC(=O)O)NC(=O)C(CCCCN)NC(=O)C(N)CCCN=C(N)N)C(=O)O. The first-order chi connectivity index (χ1) is 17.8. The van der Waals surface area contributed by atoms with Crippen LogP contribution in [0.3, 0.4) is 0 Å². The summed E-state index contributed by atoms with van der Waals surface area (Å²) in [6.45, 7) is 4.05. The van der Waals surface area contributed by atoms with Gasteiger partial charge in [-0.15, -0.1) is 0 Å². The zero-order valence-corrected chi connectivity index (χ0v) is 22.2. The number of carboxylic acids is 2. The lowest BCUT2D eigenvalue weighted by atomic mass is 9.98. The minimum Gasteiger partial charge on any atom is -0.481 e. The highest BCUT2D eigenvalue weighted by molar-refractivity contribution is 5.94. The lowest BCUT2D eigenvalue weighted by Gasteiger charge is -2.26.